The second-order valence-electron chi connectivity index (χ2n) is 5.66. The molecule has 21 heavy (non-hydrogen) atoms. The second kappa shape index (κ2) is 7.09. The molecule has 0 aromatic heterocycles. The van der Waals surface area contributed by atoms with Gasteiger partial charge in [0.25, 0.3) is 0 Å². The number of sulfonamides is 1. The lowest BCUT2D eigenvalue weighted by molar-refractivity contribution is 0.240. The van der Waals surface area contributed by atoms with Gasteiger partial charge in [0.05, 0.1) is 0 Å². The maximum Gasteiger partial charge on any atom is 0.224 e. The lowest BCUT2D eigenvalue weighted by Gasteiger charge is -2.32. The molecule has 6 heteroatoms. The van der Waals surface area contributed by atoms with E-state index in [4.69, 9.17) is 11.6 Å². The van der Waals surface area contributed by atoms with Gasteiger partial charge in [0.1, 0.15) is 5.88 Å². The van der Waals surface area contributed by atoms with Crippen molar-refractivity contribution in [2.24, 2.45) is 0 Å². The van der Waals surface area contributed by atoms with E-state index < -0.39 is 10.0 Å². The molecule has 1 aromatic rings. The van der Waals surface area contributed by atoms with Crippen molar-refractivity contribution in [3.63, 3.8) is 0 Å². The number of benzene rings is 1. The summed E-state index contributed by atoms with van der Waals surface area (Å²) in [5.41, 5.74) is 2.36. The van der Waals surface area contributed by atoms with E-state index >= 15 is 0 Å². The van der Waals surface area contributed by atoms with E-state index in [9.17, 15) is 8.42 Å². The minimum atomic E-state index is -3.18. The molecule has 1 N–H and O–H groups in total. The van der Waals surface area contributed by atoms with Gasteiger partial charge in [-0.15, -0.1) is 0 Å². The summed E-state index contributed by atoms with van der Waals surface area (Å²) < 4.78 is 26.1. The minimum Gasteiger partial charge on any atom is -0.289 e. The van der Waals surface area contributed by atoms with Crippen LogP contribution in [0.1, 0.15) is 36.8 Å². The van der Waals surface area contributed by atoms with Gasteiger partial charge in [-0.3, -0.25) is 4.90 Å². The molecule has 1 heterocycles. The molecule has 1 aliphatic rings. The van der Waals surface area contributed by atoms with Crippen LogP contribution in [0.3, 0.4) is 0 Å². The second-order valence-corrected chi connectivity index (χ2v) is 7.84. The van der Waals surface area contributed by atoms with Crippen molar-refractivity contribution >= 4 is 21.6 Å². The molecule has 1 fully saturated rings. The number of piperidine rings is 1. The van der Waals surface area contributed by atoms with Crippen molar-refractivity contribution in [1.29, 1.82) is 0 Å². The number of rotatable bonds is 5. The molecule has 0 atom stereocenters. The SMILES string of the molecule is CCNS(=O)(=O)CN1CCC(c2ccc(C)cc2Cl)CC1. The quantitative estimate of drug-likeness (QED) is 0.903. The van der Waals surface area contributed by atoms with Crippen LogP contribution in [0.25, 0.3) is 0 Å². The van der Waals surface area contributed by atoms with Gasteiger partial charge in [-0.2, -0.15) is 0 Å². The van der Waals surface area contributed by atoms with Crippen LogP contribution in [0.2, 0.25) is 5.02 Å². The number of nitrogens with one attached hydrogen (secondary N) is 1. The largest absolute Gasteiger partial charge is 0.289 e. The van der Waals surface area contributed by atoms with E-state index in [1.165, 1.54) is 5.56 Å². The zero-order chi connectivity index (χ0) is 15.5. The molecule has 1 aliphatic heterocycles. The van der Waals surface area contributed by atoms with Gasteiger partial charge in [0, 0.05) is 11.6 Å². The van der Waals surface area contributed by atoms with Gasteiger partial charge >= 0.3 is 0 Å². The highest BCUT2D eigenvalue weighted by Crippen LogP contribution is 2.33. The molecule has 4 nitrogen and oxygen atoms in total. The Balaban J connectivity index is 1.94. The van der Waals surface area contributed by atoms with Crippen molar-refractivity contribution in [3.05, 3.63) is 34.3 Å². The van der Waals surface area contributed by atoms with Crippen LogP contribution >= 0.6 is 11.6 Å². The van der Waals surface area contributed by atoms with Crippen LogP contribution in [-0.2, 0) is 10.0 Å². The highest BCUT2D eigenvalue weighted by atomic mass is 35.5. The zero-order valence-electron chi connectivity index (χ0n) is 12.6. The Morgan fingerprint density at radius 1 is 1.33 bits per heavy atom. The van der Waals surface area contributed by atoms with Gasteiger partial charge in [-0.1, -0.05) is 30.7 Å². The van der Waals surface area contributed by atoms with Gasteiger partial charge in [-0.05, 0) is 56.0 Å². The molecule has 0 unspecified atom stereocenters. The molecule has 1 saturated heterocycles. The summed E-state index contributed by atoms with van der Waals surface area (Å²) in [7, 11) is -3.18. The van der Waals surface area contributed by atoms with Crippen LogP contribution in [-0.4, -0.2) is 38.8 Å². The monoisotopic (exact) mass is 330 g/mol. The summed E-state index contributed by atoms with van der Waals surface area (Å²) >= 11 is 6.33. The Morgan fingerprint density at radius 2 is 2.00 bits per heavy atom. The molecule has 0 aliphatic carbocycles. The van der Waals surface area contributed by atoms with Crippen molar-refractivity contribution in [2.75, 3.05) is 25.5 Å². The number of nitrogens with zero attached hydrogens (tertiary/aromatic N) is 1. The fourth-order valence-electron chi connectivity index (χ4n) is 2.84. The first-order chi connectivity index (χ1) is 9.91. The molecular weight excluding hydrogens is 308 g/mol. The van der Waals surface area contributed by atoms with Crippen LogP contribution in [0, 0.1) is 6.92 Å². The summed E-state index contributed by atoms with van der Waals surface area (Å²) in [6.45, 7) is 5.85. The topological polar surface area (TPSA) is 49.4 Å². The van der Waals surface area contributed by atoms with Gasteiger partial charge in [0.15, 0.2) is 0 Å². The van der Waals surface area contributed by atoms with E-state index in [0.717, 1.165) is 36.5 Å². The normalized spacial score (nSPS) is 18.0. The Morgan fingerprint density at radius 3 is 2.57 bits per heavy atom. The van der Waals surface area contributed by atoms with Crippen molar-refractivity contribution in [2.45, 2.75) is 32.6 Å². The van der Waals surface area contributed by atoms with Gasteiger partial charge < -0.3 is 0 Å². The molecule has 0 amide bonds. The number of hydrogen-bond donors (Lipinski definition) is 1. The maximum absolute atomic E-state index is 11.8. The van der Waals surface area contributed by atoms with E-state index in [0.29, 0.717) is 12.5 Å². The van der Waals surface area contributed by atoms with E-state index in [-0.39, 0.29) is 5.88 Å². The van der Waals surface area contributed by atoms with E-state index in [1.54, 1.807) is 6.92 Å². The Bertz CT molecular complexity index is 581. The highest BCUT2D eigenvalue weighted by molar-refractivity contribution is 7.89. The van der Waals surface area contributed by atoms with Gasteiger partial charge in [0.2, 0.25) is 10.0 Å². The number of aryl methyl sites for hydroxylation is 1. The number of likely N-dealkylation sites (tertiary alicyclic amines) is 1. The average Bonchev–Trinajstić information content (AvgIpc) is 2.39. The highest BCUT2D eigenvalue weighted by Gasteiger charge is 2.24. The number of hydrogen-bond acceptors (Lipinski definition) is 3. The van der Waals surface area contributed by atoms with Crippen molar-refractivity contribution in [3.8, 4) is 0 Å². The lowest BCUT2D eigenvalue weighted by atomic mass is 9.89. The third-order valence-electron chi connectivity index (χ3n) is 3.90. The molecule has 0 spiro atoms. The molecule has 118 valence electrons. The van der Waals surface area contributed by atoms with Crippen LogP contribution < -0.4 is 4.72 Å². The molecule has 0 saturated carbocycles. The van der Waals surface area contributed by atoms with E-state index in [1.807, 2.05) is 17.9 Å². The molecule has 0 bridgehead atoms. The first kappa shape index (κ1) is 16.7. The summed E-state index contributed by atoms with van der Waals surface area (Å²) in [6, 6.07) is 6.19. The van der Waals surface area contributed by atoms with Crippen molar-refractivity contribution in [1.82, 2.24) is 9.62 Å². The van der Waals surface area contributed by atoms with Crippen LogP contribution in [0.4, 0.5) is 0 Å². The van der Waals surface area contributed by atoms with Crippen LogP contribution in [0.15, 0.2) is 18.2 Å². The smallest absolute Gasteiger partial charge is 0.224 e. The third-order valence-corrected chi connectivity index (χ3v) is 5.66. The molecule has 0 radical (unpaired) electrons. The predicted molar refractivity (Wildman–Crippen MR) is 87.2 cm³/mol. The first-order valence-electron chi connectivity index (χ1n) is 7.37. The summed E-state index contributed by atoms with van der Waals surface area (Å²) in [6.07, 6.45) is 1.90. The standard InChI is InChI=1S/C15H23ClN2O2S/c1-3-17-21(19,20)11-18-8-6-13(7-9-18)14-5-4-12(2)10-15(14)16/h4-5,10,13,17H,3,6-9,11H2,1-2H3. The molecular formula is C15H23ClN2O2S. The Kier molecular flexibility index (Phi) is 5.66. The predicted octanol–water partition coefficient (Wildman–Crippen LogP) is 2.72. The minimum absolute atomic E-state index is 0.0925. The van der Waals surface area contributed by atoms with Crippen LogP contribution in [0.5, 0.6) is 0 Å². The summed E-state index contributed by atoms with van der Waals surface area (Å²) in [5, 5.41) is 0.828. The first-order valence-corrected chi connectivity index (χ1v) is 9.40. The summed E-state index contributed by atoms with van der Waals surface area (Å²) in [5.74, 6) is 0.519. The fraction of sp³-hybridized carbons (Fsp3) is 0.600. The maximum atomic E-state index is 11.8. The third kappa shape index (κ3) is 4.68. The fourth-order valence-corrected chi connectivity index (χ4v) is 4.50. The zero-order valence-corrected chi connectivity index (χ0v) is 14.2. The van der Waals surface area contributed by atoms with E-state index in [2.05, 4.69) is 16.9 Å². The van der Waals surface area contributed by atoms with Crippen molar-refractivity contribution < 1.29 is 8.42 Å². The molecule has 1 aromatic carbocycles. The molecule has 2 rings (SSSR count). The average molecular weight is 331 g/mol. The Labute approximate surface area is 132 Å². The lowest BCUT2D eigenvalue weighted by Crippen LogP contribution is -2.40. The summed E-state index contributed by atoms with van der Waals surface area (Å²) in [4.78, 5) is 2.00. The van der Waals surface area contributed by atoms with Gasteiger partial charge in [-0.25, -0.2) is 13.1 Å². The Hall–Kier alpha value is -0.620. The number of halogens is 1.